The van der Waals surface area contributed by atoms with E-state index in [0.29, 0.717) is 0 Å². The van der Waals surface area contributed by atoms with Crippen LogP contribution < -0.4 is 0 Å². The molecule has 48 heavy (non-hydrogen) atoms. The van der Waals surface area contributed by atoms with Crippen molar-refractivity contribution in [2.75, 3.05) is 72.5 Å². The van der Waals surface area contributed by atoms with Crippen LogP contribution in [-0.2, 0) is 19.4 Å². The van der Waals surface area contributed by atoms with E-state index in [0.717, 1.165) is 63.2 Å². The predicted molar refractivity (Wildman–Crippen MR) is 197 cm³/mol. The van der Waals surface area contributed by atoms with Gasteiger partial charge >= 0.3 is 0 Å². The van der Waals surface area contributed by atoms with Gasteiger partial charge in [-0.15, -0.1) is 0 Å². The zero-order valence-electron chi connectivity index (χ0n) is 29.0. The Morgan fingerprint density at radius 1 is 0.729 bits per heavy atom. The third kappa shape index (κ3) is 7.34. The van der Waals surface area contributed by atoms with E-state index in [-0.39, 0.29) is 5.91 Å². The number of carbonyl (C=O) groups excluding carboxylic acids is 1. The van der Waals surface area contributed by atoms with Gasteiger partial charge in [-0.1, -0.05) is 30.3 Å². The summed E-state index contributed by atoms with van der Waals surface area (Å²) in [6, 6.07) is 25.9. The lowest BCUT2D eigenvalue weighted by Gasteiger charge is -2.34. The van der Waals surface area contributed by atoms with Gasteiger partial charge in [0.2, 0.25) is 0 Å². The third-order valence-electron chi connectivity index (χ3n) is 10.8. The van der Waals surface area contributed by atoms with Crippen molar-refractivity contribution in [2.45, 2.75) is 39.7 Å². The van der Waals surface area contributed by atoms with E-state index in [9.17, 15) is 4.79 Å². The molecule has 4 heterocycles. The van der Waals surface area contributed by atoms with Gasteiger partial charge in [-0.2, -0.15) is 0 Å². The summed E-state index contributed by atoms with van der Waals surface area (Å²) in [7, 11) is 2.22. The number of amides is 1. The average Bonchev–Trinajstić information content (AvgIpc) is 3.35. The molecule has 0 spiro atoms. The molecule has 250 valence electrons. The molecule has 0 saturated carbocycles. The molecule has 7 rings (SSSR count). The highest BCUT2D eigenvalue weighted by molar-refractivity contribution is 5.94. The normalized spacial score (nSPS) is 16.7. The number of pyridine rings is 1. The van der Waals surface area contributed by atoms with Crippen LogP contribution in [0.4, 0.5) is 0 Å². The van der Waals surface area contributed by atoms with Crippen molar-refractivity contribution < 1.29 is 4.79 Å². The Bertz CT molecular complexity index is 1880. The Hall–Kier alpha value is -4.04. The number of piperazine rings is 2. The molecule has 2 saturated heterocycles. The van der Waals surface area contributed by atoms with E-state index in [4.69, 9.17) is 0 Å². The first-order valence-electron chi connectivity index (χ1n) is 17.8. The molecule has 1 amide bonds. The van der Waals surface area contributed by atoms with Crippen LogP contribution >= 0.6 is 0 Å². The quantitative estimate of drug-likeness (QED) is 0.186. The van der Waals surface area contributed by atoms with Crippen molar-refractivity contribution in [1.29, 1.82) is 0 Å². The lowest BCUT2D eigenvalue weighted by Crippen LogP contribution is -2.49. The Kier molecular flexibility index (Phi) is 9.89. The lowest BCUT2D eigenvalue weighted by molar-refractivity contribution is 0.0638. The smallest absolute Gasteiger partial charge is 0.253 e. The fourth-order valence-corrected chi connectivity index (χ4v) is 7.59. The van der Waals surface area contributed by atoms with Crippen molar-refractivity contribution in [1.82, 2.24) is 29.2 Å². The minimum Gasteiger partial charge on any atom is -0.345 e. The minimum absolute atomic E-state index is 0.147. The fourth-order valence-electron chi connectivity index (χ4n) is 7.59. The third-order valence-corrected chi connectivity index (χ3v) is 10.8. The molecule has 5 aromatic rings. The second-order valence-electron chi connectivity index (χ2n) is 14.0. The predicted octanol–water partition coefficient (Wildman–Crippen LogP) is 6.04. The summed E-state index contributed by atoms with van der Waals surface area (Å²) in [5.74, 6) is 0.147. The largest absolute Gasteiger partial charge is 0.345 e. The van der Waals surface area contributed by atoms with Crippen molar-refractivity contribution in [3.63, 3.8) is 0 Å². The highest BCUT2D eigenvalue weighted by atomic mass is 16.2. The van der Waals surface area contributed by atoms with Crippen LogP contribution in [0.5, 0.6) is 0 Å². The monoisotopic (exact) mass is 642 g/mol. The molecule has 2 aliphatic rings. The summed E-state index contributed by atoms with van der Waals surface area (Å²) < 4.78 is 2.52. The Morgan fingerprint density at radius 3 is 2.31 bits per heavy atom. The second kappa shape index (κ2) is 14.6. The number of nitrogens with zero attached hydrogens (tertiary/aromatic N) is 6. The number of carbonyl (C=O) groups is 1. The first-order chi connectivity index (χ1) is 23.4. The zero-order chi connectivity index (χ0) is 33.0. The van der Waals surface area contributed by atoms with Crippen molar-refractivity contribution in [3.05, 3.63) is 113 Å². The maximum Gasteiger partial charge on any atom is 0.253 e. The topological polar surface area (TPSA) is 47.9 Å². The highest BCUT2D eigenvalue weighted by Gasteiger charge is 2.22. The lowest BCUT2D eigenvalue weighted by atomic mass is 10.0. The summed E-state index contributed by atoms with van der Waals surface area (Å²) in [6.07, 6.45) is 4.85. The van der Waals surface area contributed by atoms with Gasteiger partial charge in [-0.05, 0) is 111 Å². The molecule has 2 aliphatic heterocycles. The number of aromatic nitrogens is 2. The molecule has 0 aliphatic carbocycles. The second-order valence-corrected chi connectivity index (χ2v) is 14.0. The minimum atomic E-state index is 0.147. The van der Waals surface area contributed by atoms with Crippen LogP contribution in [-0.4, -0.2) is 108 Å². The van der Waals surface area contributed by atoms with Crippen LogP contribution in [0.25, 0.3) is 21.8 Å². The first kappa shape index (κ1) is 32.5. The molecule has 7 nitrogen and oxygen atoms in total. The summed E-state index contributed by atoms with van der Waals surface area (Å²) in [6.45, 7) is 15.8. The van der Waals surface area contributed by atoms with Crippen molar-refractivity contribution in [3.8, 4) is 0 Å². The van der Waals surface area contributed by atoms with Crippen LogP contribution in [0.1, 0.15) is 44.7 Å². The molecule has 2 aromatic heterocycles. The summed E-state index contributed by atoms with van der Waals surface area (Å²) in [5, 5.41) is 2.55. The maximum atomic E-state index is 13.6. The van der Waals surface area contributed by atoms with E-state index in [1.165, 1.54) is 83.4 Å². The van der Waals surface area contributed by atoms with E-state index >= 15 is 0 Å². The van der Waals surface area contributed by atoms with Gasteiger partial charge in [0.15, 0.2) is 0 Å². The molecule has 0 radical (unpaired) electrons. The Balaban J connectivity index is 0.933. The maximum absolute atomic E-state index is 13.6. The molecule has 0 N–H and O–H groups in total. The molecule has 0 unspecified atom stereocenters. The van der Waals surface area contributed by atoms with Crippen LogP contribution in [0, 0.1) is 13.8 Å². The standard InChI is InChI=1S/C41H50N6O/c1-31-32(2)47(17-6-16-44-21-19-43(3)20-22-44)40-13-11-35(30-38(31)40)27-34-7-4-8-37(29-34)41(48)46-25-23-45(24-26-46)18-14-33-10-12-39-36(28-33)9-5-15-42-39/h4-5,7-13,15,28-30H,6,14,16-27H2,1-3H3. The Morgan fingerprint density at radius 2 is 1.48 bits per heavy atom. The Labute approximate surface area is 285 Å². The molecule has 7 heteroatoms. The van der Waals surface area contributed by atoms with Gasteiger partial charge in [0.25, 0.3) is 5.91 Å². The number of benzene rings is 3. The first-order valence-corrected chi connectivity index (χ1v) is 17.8. The molecule has 0 bridgehead atoms. The van der Waals surface area contributed by atoms with Gasteiger partial charge in [-0.25, -0.2) is 0 Å². The van der Waals surface area contributed by atoms with Crippen LogP contribution in [0.2, 0.25) is 0 Å². The van der Waals surface area contributed by atoms with Crippen LogP contribution in [0.3, 0.4) is 0 Å². The van der Waals surface area contributed by atoms with Gasteiger partial charge in [-0.3, -0.25) is 14.7 Å². The molecule has 2 fully saturated rings. The van der Waals surface area contributed by atoms with Gasteiger partial charge in [0, 0.05) is 99.2 Å². The number of hydrogen-bond donors (Lipinski definition) is 0. The van der Waals surface area contributed by atoms with Gasteiger partial charge in [0.05, 0.1) is 5.52 Å². The van der Waals surface area contributed by atoms with Crippen molar-refractivity contribution >= 4 is 27.7 Å². The van der Waals surface area contributed by atoms with E-state index in [2.05, 4.69) is 99.7 Å². The number of rotatable bonds is 10. The molecular weight excluding hydrogens is 592 g/mol. The summed E-state index contributed by atoms with van der Waals surface area (Å²) in [4.78, 5) is 27.5. The van der Waals surface area contributed by atoms with Crippen LogP contribution in [0.15, 0.2) is 79.0 Å². The molecular formula is C41H50N6O. The zero-order valence-corrected chi connectivity index (χ0v) is 29.0. The van der Waals surface area contributed by atoms with Gasteiger partial charge in [0.1, 0.15) is 0 Å². The number of hydrogen-bond acceptors (Lipinski definition) is 5. The van der Waals surface area contributed by atoms with Crippen molar-refractivity contribution in [2.24, 2.45) is 0 Å². The van der Waals surface area contributed by atoms with Gasteiger partial charge < -0.3 is 19.3 Å². The van der Waals surface area contributed by atoms with E-state index < -0.39 is 0 Å². The molecule has 3 aromatic carbocycles. The SMILES string of the molecule is Cc1c(C)n(CCCN2CCN(C)CC2)c2ccc(Cc3cccc(C(=O)N4CCN(CCc5ccc6ncccc6c5)CC4)c3)cc12. The highest BCUT2D eigenvalue weighted by Crippen LogP contribution is 2.28. The summed E-state index contributed by atoms with van der Waals surface area (Å²) in [5.41, 5.74) is 9.75. The average molecular weight is 643 g/mol. The fraction of sp³-hybridized carbons (Fsp3) is 0.415. The number of fused-ring (bicyclic) bond motifs is 2. The van der Waals surface area contributed by atoms with E-state index in [1.54, 1.807) is 0 Å². The number of aryl methyl sites for hydroxylation is 2. The molecule has 0 atom stereocenters. The summed E-state index contributed by atoms with van der Waals surface area (Å²) >= 11 is 0. The van der Waals surface area contributed by atoms with E-state index in [1.807, 2.05) is 29.3 Å². The number of likely N-dealkylation sites (N-methyl/N-ethyl adjacent to an activating group) is 1.